The van der Waals surface area contributed by atoms with Gasteiger partial charge in [0.1, 0.15) is 0 Å². The van der Waals surface area contributed by atoms with Crippen LogP contribution >= 0.6 is 0 Å². The van der Waals surface area contributed by atoms with Gasteiger partial charge in [-0.3, -0.25) is 0 Å². The Kier molecular flexibility index (Phi) is 8.00. The van der Waals surface area contributed by atoms with Crippen LogP contribution < -0.4 is 0 Å². The van der Waals surface area contributed by atoms with Gasteiger partial charge in [0.25, 0.3) is 0 Å². The highest BCUT2D eigenvalue weighted by Crippen LogP contribution is 2.46. The van der Waals surface area contributed by atoms with Crippen LogP contribution in [0.5, 0.6) is 0 Å². The van der Waals surface area contributed by atoms with Gasteiger partial charge in [0.15, 0.2) is 0 Å². The predicted molar refractivity (Wildman–Crippen MR) is 288 cm³/mol. The van der Waals surface area contributed by atoms with Gasteiger partial charge < -0.3 is 13.7 Å². The van der Waals surface area contributed by atoms with Gasteiger partial charge in [-0.15, -0.1) is 0 Å². The average Bonchev–Trinajstić information content (AvgIpc) is 4.06. The van der Waals surface area contributed by atoms with E-state index < -0.39 is 0 Å². The third kappa shape index (κ3) is 5.47. The van der Waals surface area contributed by atoms with Gasteiger partial charge in [0.05, 0.1) is 61.2 Å². The summed E-state index contributed by atoms with van der Waals surface area (Å²) < 4.78 is 7.35. The van der Waals surface area contributed by atoms with Crippen LogP contribution in [-0.2, 0) is 0 Å². The standard InChI is InChI=1S/C64H39N5/c1-2-21-43(22-3-1)67-53-32-13-8-26-47(53)60-50(29-17-35-56(60)67)63-62(65-51-30-11-12-31-52(51)66-63)42-20-16-23-44(38-42)68-54-33-14-10-28-49(54)61-58(68)39-41-19-5-7-25-46(41)64(61)69-55-34-15-9-27-48(55)59-45-24-6-4-18-40(45)36-37-57(59)69/h1-39H. The van der Waals surface area contributed by atoms with E-state index in [0.29, 0.717) is 0 Å². The molecule has 69 heavy (non-hydrogen) atoms. The first-order chi connectivity index (χ1) is 34.3. The lowest BCUT2D eigenvalue weighted by Gasteiger charge is -2.16. The minimum Gasteiger partial charge on any atom is -0.309 e. The monoisotopic (exact) mass is 877 g/mol. The molecule has 5 nitrogen and oxygen atoms in total. The number of hydrogen-bond acceptors (Lipinski definition) is 2. The molecule has 0 aliphatic carbocycles. The summed E-state index contributed by atoms with van der Waals surface area (Å²) in [6, 6.07) is 85.5. The summed E-state index contributed by atoms with van der Waals surface area (Å²) in [5, 5.41) is 12.1. The van der Waals surface area contributed by atoms with E-state index in [1.165, 1.54) is 65.2 Å². The van der Waals surface area contributed by atoms with Crippen LogP contribution in [0.2, 0.25) is 0 Å². The Labute approximate surface area is 396 Å². The van der Waals surface area contributed by atoms with Crippen LogP contribution in [0.1, 0.15) is 0 Å². The number of nitrogens with zero attached hydrogens (tertiary/aromatic N) is 5. The zero-order chi connectivity index (χ0) is 45.2. The molecule has 5 heteroatoms. The van der Waals surface area contributed by atoms with Crippen molar-refractivity contribution in [3.05, 3.63) is 237 Å². The maximum atomic E-state index is 5.51. The lowest BCUT2D eigenvalue weighted by Crippen LogP contribution is -1.99. The minimum absolute atomic E-state index is 0.837. The number of benzene rings is 11. The molecule has 11 aromatic carbocycles. The fraction of sp³-hybridized carbons (Fsp3) is 0. The maximum absolute atomic E-state index is 5.51. The Bertz CT molecular complexity index is 4610. The molecule has 0 amide bonds. The van der Waals surface area contributed by atoms with E-state index in [0.717, 1.165) is 72.4 Å². The summed E-state index contributed by atoms with van der Waals surface area (Å²) in [5.41, 5.74) is 15.7. The van der Waals surface area contributed by atoms with Crippen molar-refractivity contribution in [1.29, 1.82) is 0 Å². The summed E-state index contributed by atoms with van der Waals surface area (Å²) in [4.78, 5) is 11.0. The average molecular weight is 878 g/mol. The van der Waals surface area contributed by atoms with E-state index in [9.17, 15) is 0 Å². The number of para-hydroxylation sites is 6. The molecule has 0 spiro atoms. The molecule has 0 saturated carbocycles. The second kappa shape index (κ2) is 14.6. The first kappa shape index (κ1) is 37.9. The summed E-state index contributed by atoms with van der Waals surface area (Å²) in [6.07, 6.45) is 0. The summed E-state index contributed by atoms with van der Waals surface area (Å²) in [5.74, 6) is 0. The first-order valence-electron chi connectivity index (χ1n) is 23.6. The Balaban J connectivity index is 1.01. The summed E-state index contributed by atoms with van der Waals surface area (Å²) in [6.45, 7) is 0. The molecule has 0 radical (unpaired) electrons. The molecule has 0 atom stereocenters. The first-order valence-corrected chi connectivity index (χ1v) is 23.6. The molecule has 0 aliphatic heterocycles. The van der Waals surface area contributed by atoms with Gasteiger partial charge in [0.2, 0.25) is 0 Å². The van der Waals surface area contributed by atoms with Gasteiger partial charge in [-0.2, -0.15) is 0 Å². The fourth-order valence-electron chi connectivity index (χ4n) is 11.5. The Morgan fingerprint density at radius 1 is 0.275 bits per heavy atom. The third-order valence-electron chi connectivity index (χ3n) is 14.4. The smallest absolute Gasteiger partial charge is 0.0980 e. The number of fused-ring (bicyclic) bond motifs is 13. The zero-order valence-corrected chi connectivity index (χ0v) is 37.3. The molecule has 0 fully saturated rings. The van der Waals surface area contributed by atoms with E-state index in [1.54, 1.807) is 0 Å². The lowest BCUT2D eigenvalue weighted by molar-refractivity contribution is 1.17. The van der Waals surface area contributed by atoms with Gasteiger partial charge in [-0.05, 0) is 89.0 Å². The van der Waals surface area contributed by atoms with Crippen molar-refractivity contribution in [2.45, 2.75) is 0 Å². The molecule has 0 aliphatic rings. The Hall–Kier alpha value is -9.32. The molecular formula is C64H39N5. The highest BCUT2D eigenvalue weighted by atomic mass is 15.0. The molecule has 4 heterocycles. The predicted octanol–water partition coefficient (Wildman–Crippen LogP) is 16.6. The quantitative estimate of drug-likeness (QED) is 0.173. The van der Waals surface area contributed by atoms with Crippen LogP contribution in [0, 0.1) is 0 Å². The number of aromatic nitrogens is 5. The van der Waals surface area contributed by atoms with E-state index >= 15 is 0 Å². The van der Waals surface area contributed by atoms with Crippen molar-refractivity contribution >= 4 is 98.0 Å². The minimum atomic E-state index is 0.837. The lowest BCUT2D eigenvalue weighted by atomic mass is 9.98. The SMILES string of the molecule is c1ccc(-n2c3ccccc3c3c(-c4nc5ccccc5nc4-c4cccc(-n5c6ccccc6c6c(-n7c8ccccc8c8c9ccccc9ccc87)c7ccccc7cc65)c4)cccc32)cc1. The van der Waals surface area contributed by atoms with Crippen LogP contribution in [0.25, 0.3) is 138 Å². The molecule has 0 N–H and O–H groups in total. The van der Waals surface area contributed by atoms with Crippen LogP contribution in [0.4, 0.5) is 0 Å². The molecule has 4 aromatic heterocycles. The molecule has 0 unspecified atom stereocenters. The second-order valence-corrected chi connectivity index (χ2v) is 18.1. The van der Waals surface area contributed by atoms with Gasteiger partial charge in [-0.1, -0.05) is 164 Å². The molecular weight excluding hydrogens is 839 g/mol. The molecule has 15 rings (SSSR count). The fourth-order valence-corrected chi connectivity index (χ4v) is 11.5. The van der Waals surface area contributed by atoms with Gasteiger partial charge in [0, 0.05) is 60.2 Å². The number of hydrogen-bond donors (Lipinski definition) is 0. The van der Waals surface area contributed by atoms with Crippen molar-refractivity contribution in [2.75, 3.05) is 0 Å². The van der Waals surface area contributed by atoms with Crippen molar-refractivity contribution in [1.82, 2.24) is 23.7 Å². The van der Waals surface area contributed by atoms with E-state index in [4.69, 9.17) is 9.97 Å². The van der Waals surface area contributed by atoms with Gasteiger partial charge >= 0.3 is 0 Å². The second-order valence-electron chi connectivity index (χ2n) is 18.1. The summed E-state index contributed by atoms with van der Waals surface area (Å²) >= 11 is 0. The largest absolute Gasteiger partial charge is 0.309 e. The van der Waals surface area contributed by atoms with Crippen LogP contribution in [-0.4, -0.2) is 23.7 Å². The van der Waals surface area contributed by atoms with Crippen molar-refractivity contribution in [3.8, 4) is 39.6 Å². The van der Waals surface area contributed by atoms with Crippen molar-refractivity contribution in [3.63, 3.8) is 0 Å². The van der Waals surface area contributed by atoms with E-state index in [-0.39, 0.29) is 0 Å². The van der Waals surface area contributed by atoms with Crippen molar-refractivity contribution < 1.29 is 0 Å². The molecule has 0 bridgehead atoms. The third-order valence-corrected chi connectivity index (χ3v) is 14.4. The van der Waals surface area contributed by atoms with Crippen molar-refractivity contribution in [2.24, 2.45) is 0 Å². The normalized spacial score (nSPS) is 12.1. The highest BCUT2D eigenvalue weighted by Gasteiger charge is 2.25. The molecule has 15 aromatic rings. The molecule has 0 saturated heterocycles. The summed E-state index contributed by atoms with van der Waals surface area (Å²) in [7, 11) is 0. The van der Waals surface area contributed by atoms with Crippen LogP contribution in [0.15, 0.2) is 237 Å². The Morgan fingerprint density at radius 2 is 0.797 bits per heavy atom. The highest BCUT2D eigenvalue weighted by molar-refractivity contribution is 6.25. The zero-order valence-electron chi connectivity index (χ0n) is 37.3. The van der Waals surface area contributed by atoms with E-state index in [1.807, 2.05) is 12.1 Å². The topological polar surface area (TPSA) is 40.6 Å². The van der Waals surface area contributed by atoms with Gasteiger partial charge in [-0.25, -0.2) is 9.97 Å². The maximum Gasteiger partial charge on any atom is 0.0980 e. The van der Waals surface area contributed by atoms with Crippen LogP contribution in [0.3, 0.4) is 0 Å². The molecule has 320 valence electrons. The Morgan fingerprint density at radius 3 is 1.55 bits per heavy atom. The number of rotatable bonds is 5. The van der Waals surface area contributed by atoms with E-state index in [2.05, 4.69) is 238 Å².